The smallest absolute Gasteiger partial charge is 0.153 e. The fraction of sp³-hybridized carbons (Fsp3) is 0.0625. The van der Waals surface area contributed by atoms with Gasteiger partial charge in [0.15, 0.2) is 5.82 Å². The highest BCUT2D eigenvalue weighted by Gasteiger charge is 2.16. The van der Waals surface area contributed by atoms with Gasteiger partial charge in [0, 0.05) is 10.6 Å². The van der Waals surface area contributed by atoms with Gasteiger partial charge in [-0.15, -0.1) is 0 Å². The number of nitrogens with zero attached hydrogens (tertiary/aromatic N) is 1. The molecule has 0 aliphatic carbocycles. The van der Waals surface area contributed by atoms with Gasteiger partial charge in [0.2, 0.25) is 0 Å². The number of nitrogens with one attached hydrogen (secondary N) is 1. The van der Waals surface area contributed by atoms with E-state index in [0.717, 1.165) is 27.9 Å². The van der Waals surface area contributed by atoms with Crippen molar-refractivity contribution in [1.82, 2.24) is 10.2 Å². The highest BCUT2D eigenvalue weighted by molar-refractivity contribution is 6.30. The minimum absolute atomic E-state index is 0.290. The maximum atomic E-state index is 13.1. The molecule has 0 saturated heterocycles. The number of H-pyrrole nitrogens is 1. The zero-order chi connectivity index (χ0) is 15.0. The van der Waals surface area contributed by atoms with Crippen LogP contribution in [-0.2, 0) is 0 Å². The Morgan fingerprint density at radius 3 is 2.57 bits per heavy atom. The molecule has 0 spiro atoms. The molecule has 1 aromatic heterocycles. The molecule has 0 amide bonds. The first kappa shape index (κ1) is 13.6. The lowest BCUT2D eigenvalue weighted by molar-refractivity contribution is 0.628. The number of anilines is 1. The van der Waals surface area contributed by atoms with Gasteiger partial charge >= 0.3 is 0 Å². The number of rotatable bonds is 2. The minimum atomic E-state index is -0.290. The Hall–Kier alpha value is -2.33. The van der Waals surface area contributed by atoms with Crippen molar-refractivity contribution in [2.24, 2.45) is 0 Å². The molecule has 1 heterocycles. The van der Waals surface area contributed by atoms with Gasteiger partial charge in [-0.25, -0.2) is 4.39 Å². The van der Waals surface area contributed by atoms with Crippen molar-refractivity contribution in [1.29, 1.82) is 0 Å². The fourth-order valence-corrected chi connectivity index (χ4v) is 2.50. The molecule has 0 radical (unpaired) electrons. The Balaban J connectivity index is 2.21. The van der Waals surface area contributed by atoms with Crippen LogP contribution in [0.25, 0.3) is 22.4 Å². The van der Waals surface area contributed by atoms with Gasteiger partial charge in [0.05, 0.1) is 11.3 Å². The molecule has 3 rings (SSSR count). The van der Waals surface area contributed by atoms with E-state index >= 15 is 0 Å². The van der Waals surface area contributed by atoms with Gasteiger partial charge in [-0.2, -0.15) is 5.10 Å². The van der Waals surface area contributed by atoms with Crippen LogP contribution in [0.4, 0.5) is 10.2 Å². The highest BCUT2D eigenvalue weighted by Crippen LogP contribution is 2.36. The maximum Gasteiger partial charge on any atom is 0.153 e. The average Bonchev–Trinajstić information content (AvgIpc) is 2.84. The molecular formula is C16H13ClFN3. The molecule has 0 saturated carbocycles. The topological polar surface area (TPSA) is 54.7 Å². The first-order valence-corrected chi connectivity index (χ1v) is 6.80. The molecule has 106 valence electrons. The number of aromatic amines is 1. The Morgan fingerprint density at radius 1 is 1.14 bits per heavy atom. The van der Waals surface area contributed by atoms with Gasteiger partial charge < -0.3 is 5.73 Å². The van der Waals surface area contributed by atoms with Crippen molar-refractivity contribution in [3.63, 3.8) is 0 Å². The molecule has 0 aliphatic rings. The summed E-state index contributed by atoms with van der Waals surface area (Å²) in [7, 11) is 0. The summed E-state index contributed by atoms with van der Waals surface area (Å²) in [6.07, 6.45) is 0. The number of nitrogens with two attached hydrogens (primary N) is 1. The zero-order valence-electron chi connectivity index (χ0n) is 11.3. The van der Waals surface area contributed by atoms with Crippen molar-refractivity contribution < 1.29 is 4.39 Å². The second kappa shape index (κ2) is 5.22. The molecule has 0 unspecified atom stereocenters. The van der Waals surface area contributed by atoms with E-state index in [9.17, 15) is 4.39 Å². The predicted molar refractivity (Wildman–Crippen MR) is 83.6 cm³/mol. The van der Waals surface area contributed by atoms with E-state index in [0.29, 0.717) is 10.8 Å². The molecule has 3 nitrogen and oxygen atoms in total. The van der Waals surface area contributed by atoms with E-state index in [-0.39, 0.29) is 5.82 Å². The van der Waals surface area contributed by atoms with Crippen LogP contribution in [0.15, 0.2) is 42.5 Å². The van der Waals surface area contributed by atoms with Crippen LogP contribution >= 0.6 is 11.6 Å². The van der Waals surface area contributed by atoms with Crippen LogP contribution in [0.2, 0.25) is 5.02 Å². The third-order valence-electron chi connectivity index (χ3n) is 3.40. The van der Waals surface area contributed by atoms with Crippen molar-refractivity contribution in [3.05, 3.63) is 58.9 Å². The summed E-state index contributed by atoms with van der Waals surface area (Å²) in [4.78, 5) is 0. The molecule has 3 aromatic rings. The number of aromatic nitrogens is 2. The molecule has 2 aromatic carbocycles. The molecule has 0 atom stereocenters. The molecule has 21 heavy (non-hydrogen) atoms. The van der Waals surface area contributed by atoms with E-state index in [1.54, 1.807) is 12.1 Å². The first-order chi connectivity index (χ1) is 10.1. The molecule has 5 heteroatoms. The van der Waals surface area contributed by atoms with E-state index in [1.807, 2.05) is 25.1 Å². The van der Waals surface area contributed by atoms with E-state index in [1.165, 1.54) is 12.1 Å². The van der Waals surface area contributed by atoms with Crippen LogP contribution in [0.3, 0.4) is 0 Å². The van der Waals surface area contributed by atoms with Crippen molar-refractivity contribution in [3.8, 4) is 22.4 Å². The lowest BCUT2D eigenvalue weighted by Gasteiger charge is -2.08. The summed E-state index contributed by atoms with van der Waals surface area (Å²) in [6, 6.07) is 11.8. The summed E-state index contributed by atoms with van der Waals surface area (Å²) in [5.74, 6) is 0.0808. The lowest BCUT2D eigenvalue weighted by atomic mass is 9.98. The van der Waals surface area contributed by atoms with Gasteiger partial charge in [-0.1, -0.05) is 29.8 Å². The van der Waals surface area contributed by atoms with Gasteiger partial charge in [0.25, 0.3) is 0 Å². The highest BCUT2D eigenvalue weighted by atomic mass is 35.5. The molecule has 0 fully saturated rings. The molecule has 0 aliphatic heterocycles. The normalized spacial score (nSPS) is 10.8. The minimum Gasteiger partial charge on any atom is -0.382 e. The average molecular weight is 302 g/mol. The van der Waals surface area contributed by atoms with Crippen molar-refractivity contribution in [2.75, 3.05) is 5.73 Å². The monoisotopic (exact) mass is 301 g/mol. The van der Waals surface area contributed by atoms with E-state index in [4.69, 9.17) is 17.3 Å². The third-order valence-corrected chi connectivity index (χ3v) is 3.63. The van der Waals surface area contributed by atoms with Crippen LogP contribution in [-0.4, -0.2) is 10.2 Å². The molecule has 0 bridgehead atoms. The molecule has 3 N–H and O–H groups in total. The first-order valence-electron chi connectivity index (χ1n) is 6.42. The summed E-state index contributed by atoms with van der Waals surface area (Å²) in [5.41, 5.74) is 10.3. The largest absolute Gasteiger partial charge is 0.382 e. The summed E-state index contributed by atoms with van der Waals surface area (Å²) in [5, 5.41) is 7.66. The second-order valence-corrected chi connectivity index (χ2v) is 5.26. The standard InChI is InChI=1S/C16H13ClFN3/c1-9-2-5-11(17)8-13(9)15-14(16(19)21-20-15)10-3-6-12(18)7-4-10/h2-8H,1H3,(H3,19,20,21). The van der Waals surface area contributed by atoms with Crippen molar-refractivity contribution in [2.45, 2.75) is 6.92 Å². The van der Waals surface area contributed by atoms with Crippen LogP contribution in [0.1, 0.15) is 5.56 Å². The number of hydrogen-bond acceptors (Lipinski definition) is 2. The number of halogens is 2. The summed E-state index contributed by atoms with van der Waals surface area (Å²) in [6.45, 7) is 1.98. The van der Waals surface area contributed by atoms with E-state index in [2.05, 4.69) is 10.2 Å². The van der Waals surface area contributed by atoms with Crippen molar-refractivity contribution >= 4 is 17.4 Å². The van der Waals surface area contributed by atoms with E-state index < -0.39 is 0 Å². The van der Waals surface area contributed by atoms with Gasteiger partial charge in [-0.05, 0) is 42.3 Å². The Morgan fingerprint density at radius 2 is 1.86 bits per heavy atom. The fourth-order valence-electron chi connectivity index (χ4n) is 2.32. The van der Waals surface area contributed by atoms with Gasteiger partial charge in [-0.3, -0.25) is 5.10 Å². The maximum absolute atomic E-state index is 13.1. The van der Waals surface area contributed by atoms with Crippen LogP contribution in [0.5, 0.6) is 0 Å². The number of hydrogen-bond donors (Lipinski definition) is 2. The summed E-state index contributed by atoms with van der Waals surface area (Å²) < 4.78 is 13.1. The van der Waals surface area contributed by atoms with Crippen LogP contribution < -0.4 is 5.73 Å². The Bertz CT molecular complexity index is 794. The Kier molecular flexibility index (Phi) is 3.39. The van der Waals surface area contributed by atoms with Gasteiger partial charge in [0.1, 0.15) is 5.82 Å². The number of aryl methyl sites for hydroxylation is 1. The lowest BCUT2D eigenvalue weighted by Crippen LogP contribution is -1.90. The third kappa shape index (κ3) is 2.50. The second-order valence-electron chi connectivity index (χ2n) is 4.82. The zero-order valence-corrected chi connectivity index (χ0v) is 12.1. The SMILES string of the molecule is Cc1ccc(Cl)cc1-c1[nH]nc(N)c1-c1ccc(F)cc1. The quantitative estimate of drug-likeness (QED) is 0.736. The van der Waals surface area contributed by atoms with Crippen LogP contribution in [0, 0.1) is 12.7 Å². The Labute approximate surface area is 126 Å². The molecular weight excluding hydrogens is 289 g/mol. The number of benzene rings is 2. The number of nitrogen functional groups attached to an aromatic ring is 1. The summed E-state index contributed by atoms with van der Waals surface area (Å²) >= 11 is 6.08. The predicted octanol–water partition coefficient (Wildman–Crippen LogP) is 4.43.